The van der Waals surface area contributed by atoms with E-state index in [1.807, 2.05) is 12.1 Å². The monoisotopic (exact) mass is 315 g/mol. The van der Waals surface area contributed by atoms with Crippen molar-refractivity contribution in [1.82, 2.24) is 5.32 Å². The normalized spacial score (nSPS) is 10.8. The van der Waals surface area contributed by atoms with Gasteiger partial charge in [0.2, 0.25) is 0 Å². The van der Waals surface area contributed by atoms with Gasteiger partial charge in [0.15, 0.2) is 0 Å². The lowest BCUT2D eigenvalue weighted by molar-refractivity contribution is 0.117. The number of hydrogen-bond donors (Lipinski definition) is 1. The van der Waals surface area contributed by atoms with Crippen LogP contribution in [-0.4, -0.2) is 33.4 Å². The number of nitrogens with one attached hydrogen (secondary N) is 1. The lowest BCUT2D eigenvalue weighted by Gasteiger charge is -2.06. The van der Waals surface area contributed by atoms with Crippen LogP contribution in [0.2, 0.25) is 0 Å². The summed E-state index contributed by atoms with van der Waals surface area (Å²) in [5, 5.41) is 3.32. The molecule has 0 heterocycles. The zero-order valence-electron chi connectivity index (χ0n) is 11.0. The van der Waals surface area contributed by atoms with Crippen LogP contribution in [-0.2, 0) is 16.1 Å². The molecule has 1 aromatic carbocycles. The molecule has 1 N–H and O–H groups in total. The summed E-state index contributed by atoms with van der Waals surface area (Å²) in [4.78, 5) is 0. The minimum atomic E-state index is 0.691. The summed E-state index contributed by atoms with van der Waals surface area (Å²) in [7, 11) is 1.72. The first-order valence-electron chi connectivity index (χ1n) is 6.35. The second kappa shape index (κ2) is 10.5. The Balaban J connectivity index is 1.92. The summed E-state index contributed by atoms with van der Waals surface area (Å²) in [6.07, 6.45) is 2.23. The van der Waals surface area contributed by atoms with Crippen LogP contribution < -0.4 is 5.32 Å². The Hall–Kier alpha value is -0.420. The van der Waals surface area contributed by atoms with E-state index in [1.165, 1.54) is 5.56 Å². The van der Waals surface area contributed by atoms with Crippen molar-refractivity contribution < 1.29 is 9.47 Å². The van der Waals surface area contributed by atoms with E-state index < -0.39 is 0 Å². The second-order valence-electron chi connectivity index (χ2n) is 4.13. The third kappa shape index (κ3) is 7.82. The molecule has 0 radical (unpaired) electrons. The third-order valence-corrected chi connectivity index (χ3v) is 3.03. The predicted octanol–water partition coefficient (Wildman–Crippen LogP) is 2.98. The van der Waals surface area contributed by atoms with Gasteiger partial charge in [0.25, 0.3) is 0 Å². The zero-order chi connectivity index (χ0) is 13.1. The Morgan fingerprint density at radius 3 is 2.83 bits per heavy atom. The molecule has 1 rings (SSSR count). The topological polar surface area (TPSA) is 30.5 Å². The number of ether oxygens (including phenoxy) is 2. The molecule has 0 aromatic heterocycles. The van der Waals surface area contributed by atoms with Crippen LogP contribution in [0.1, 0.15) is 18.4 Å². The van der Waals surface area contributed by atoms with E-state index in [4.69, 9.17) is 9.47 Å². The van der Waals surface area contributed by atoms with Gasteiger partial charge >= 0.3 is 0 Å². The zero-order valence-corrected chi connectivity index (χ0v) is 12.5. The molecule has 0 bridgehead atoms. The molecule has 0 fully saturated rings. The molecular weight excluding hydrogens is 294 g/mol. The lowest BCUT2D eigenvalue weighted by atomic mass is 10.2. The fourth-order valence-corrected chi connectivity index (χ4v) is 2.02. The Labute approximate surface area is 118 Å². The summed E-state index contributed by atoms with van der Waals surface area (Å²) in [6, 6.07) is 8.22. The molecule has 0 atom stereocenters. The Kier molecular flexibility index (Phi) is 9.12. The van der Waals surface area contributed by atoms with Gasteiger partial charge in [0.1, 0.15) is 0 Å². The van der Waals surface area contributed by atoms with E-state index in [1.54, 1.807) is 7.11 Å². The third-order valence-electron chi connectivity index (χ3n) is 2.53. The molecular formula is C14H22BrNO2. The van der Waals surface area contributed by atoms with Crippen molar-refractivity contribution in [1.29, 1.82) is 0 Å². The number of benzene rings is 1. The molecule has 0 spiro atoms. The number of halogens is 1. The van der Waals surface area contributed by atoms with E-state index in [2.05, 4.69) is 33.4 Å². The SMILES string of the molecule is COCCNCCCCOCc1cccc(Br)c1. The highest BCUT2D eigenvalue weighted by molar-refractivity contribution is 9.10. The molecule has 0 saturated carbocycles. The predicted molar refractivity (Wildman–Crippen MR) is 77.8 cm³/mol. The van der Waals surface area contributed by atoms with Crippen molar-refractivity contribution in [3.8, 4) is 0 Å². The quantitative estimate of drug-likeness (QED) is 0.673. The van der Waals surface area contributed by atoms with Crippen molar-refractivity contribution in [2.45, 2.75) is 19.4 Å². The molecule has 0 aliphatic heterocycles. The van der Waals surface area contributed by atoms with Crippen LogP contribution in [0.4, 0.5) is 0 Å². The van der Waals surface area contributed by atoms with Gasteiger partial charge in [-0.05, 0) is 37.1 Å². The first-order valence-corrected chi connectivity index (χ1v) is 7.14. The molecule has 0 amide bonds. The summed E-state index contributed by atoms with van der Waals surface area (Å²) in [5.41, 5.74) is 1.21. The summed E-state index contributed by atoms with van der Waals surface area (Å²) < 4.78 is 11.7. The number of hydrogen-bond acceptors (Lipinski definition) is 3. The largest absolute Gasteiger partial charge is 0.383 e. The van der Waals surface area contributed by atoms with Crippen LogP contribution in [0.15, 0.2) is 28.7 Å². The van der Waals surface area contributed by atoms with Gasteiger partial charge in [-0.1, -0.05) is 28.1 Å². The number of rotatable bonds is 10. The highest BCUT2D eigenvalue weighted by Gasteiger charge is 1.95. The van der Waals surface area contributed by atoms with E-state index in [9.17, 15) is 0 Å². The second-order valence-corrected chi connectivity index (χ2v) is 5.05. The van der Waals surface area contributed by atoms with Crippen molar-refractivity contribution in [3.05, 3.63) is 34.3 Å². The average Bonchev–Trinajstić information content (AvgIpc) is 2.37. The molecule has 18 heavy (non-hydrogen) atoms. The van der Waals surface area contributed by atoms with E-state index in [0.717, 1.165) is 43.6 Å². The summed E-state index contributed by atoms with van der Waals surface area (Å²) in [6.45, 7) is 4.24. The van der Waals surface area contributed by atoms with E-state index in [0.29, 0.717) is 6.61 Å². The Bertz CT molecular complexity index is 320. The van der Waals surface area contributed by atoms with Gasteiger partial charge in [0, 0.05) is 24.7 Å². The molecule has 0 unspecified atom stereocenters. The maximum Gasteiger partial charge on any atom is 0.0717 e. The molecule has 0 aliphatic carbocycles. The molecule has 4 heteroatoms. The van der Waals surface area contributed by atoms with Crippen LogP contribution in [0.5, 0.6) is 0 Å². The van der Waals surface area contributed by atoms with Gasteiger partial charge in [-0.15, -0.1) is 0 Å². The first kappa shape index (κ1) is 15.6. The Morgan fingerprint density at radius 1 is 1.17 bits per heavy atom. The van der Waals surface area contributed by atoms with Crippen molar-refractivity contribution >= 4 is 15.9 Å². The van der Waals surface area contributed by atoms with Gasteiger partial charge < -0.3 is 14.8 Å². The fourth-order valence-electron chi connectivity index (χ4n) is 1.57. The summed E-state index contributed by atoms with van der Waals surface area (Å²) >= 11 is 3.45. The molecule has 102 valence electrons. The summed E-state index contributed by atoms with van der Waals surface area (Å²) in [5.74, 6) is 0. The molecule has 1 aromatic rings. The van der Waals surface area contributed by atoms with Gasteiger partial charge in [-0.3, -0.25) is 0 Å². The molecule has 0 aliphatic rings. The fraction of sp³-hybridized carbons (Fsp3) is 0.571. The lowest BCUT2D eigenvalue weighted by Crippen LogP contribution is -2.20. The van der Waals surface area contributed by atoms with Crippen molar-refractivity contribution in [3.63, 3.8) is 0 Å². The van der Waals surface area contributed by atoms with Crippen molar-refractivity contribution in [2.75, 3.05) is 33.4 Å². The first-order chi connectivity index (χ1) is 8.83. The minimum absolute atomic E-state index is 0.691. The Morgan fingerprint density at radius 2 is 2.06 bits per heavy atom. The maximum atomic E-state index is 5.63. The maximum absolute atomic E-state index is 5.63. The van der Waals surface area contributed by atoms with Gasteiger partial charge in [-0.25, -0.2) is 0 Å². The van der Waals surface area contributed by atoms with E-state index in [-0.39, 0.29) is 0 Å². The van der Waals surface area contributed by atoms with Gasteiger partial charge in [-0.2, -0.15) is 0 Å². The van der Waals surface area contributed by atoms with Crippen LogP contribution >= 0.6 is 15.9 Å². The minimum Gasteiger partial charge on any atom is -0.383 e. The molecule has 3 nitrogen and oxygen atoms in total. The van der Waals surface area contributed by atoms with Crippen LogP contribution in [0, 0.1) is 0 Å². The van der Waals surface area contributed by atoms with Gasteiger partial charge in [0.05, 0.1) is 13.2 Å². The smallest absolute Gasteiger partial charge is 0.0717 e. The van der Waals surface area contributed by atoms with E-state index >= 15 is 0 Å². The average molecular weight is 316 g/mol. The molecule has 0 saturated heterocycles. The number of methoxy groups -OCH3 is 1. The standard InChI is InChI=1S/C14H22BrNO2/c1-17-10-8-16-7-2-3-9-18-12-13-5-4-6-14(15)11-13/h4-6,11,16H,2-3,7-10,12H2,1H3. The highest BCUT2D eigenvalue weighted by Crippen LogP contribution is 2.12. The number of unbranched alkanes of at least 4 members (excludes halogenated alkanes) is 1. The highest BCUT2D eigenvalue weighted by atomic mass is 79.9. The van der Waals surface area contributed by atoms with Crippen LogP contribution in [0.3, 0.4) is 0 Å². The van der Waals surface area contributed by atoms with Crippen LogP contribution in [0.25, 0.3) is 0 Å². The van der Waals surface area contributed by atoms with Crippen molar-refractivity contribution in [2.24, 2.45) is 0 Å².